The van der Waals surface area contributed by atoms with Crippen LogP contribution in [0.25, 0.3) is 11.5 Å². The summed E-state index contributed by atoms with van der Waals surface area (Å²) in [7, 11) is 0. The van der Waals surface area contributed by atoms with Gasteiger partial charge in [-0.05, 0) is 42.8 Å². The van der Waals surface area contributed by atoms with Crippen molar-refractivity contribution in [3.05, 3.63) is 60.5 Å². The van der Waals surface area contributed by atoms with Crippen LogP contribution in [0.15, 0.2) is 59.0 Å². The van der Waals surface area contributed by atoms with Crippen molar-refractivity contribution in [2.24, 2.45) is 0 Å². The molecule has 2 aromatic carbocycles. The highest BCUT2D eigenvalue weighted by Crippen LogP contribution is 2.23. The van der Waals surface area contributed by atoms with E-state index in [1.54, 1.807) is 11.8 Å². The second kappa shape index (κ2) is 10.8. The predicted molar refractivity (Wildman–Crippen MR) is 109 cm³/mol. The number of para-hydroxylation sites is 1. The van der Waals surface area contributed by atoms with Gasteiger partial charge in [-0.3, -0.25) is 0 Å². The maximum atomic E-state index is 5.73. The summed E-state index contributed by atoms with van der Waals surface area (Å²) < 4.78 is 17.0. The van der Waals surface area contributed by atoms with Gasteiger partial charge in [-0.15, -0.1) is 33.6 Å². The van der Waals surface area contributed by atoms with E-state index in [1.807, 2.05) is 54.6 Å². The molecule has 0 amide bonds. The van der Waals surface area contributed by atoms with Gasteiger partial charge in [-0.2, -0.15) is 0 Å². The number of aromatic nitrogens is 2. The molecule has 0 radical (unpaired) electrons. The summed E-state index contributed by atoms with van der Waals surface area (Å²) in [4.78, 5) is 0. The minimum absolute atomic E-state index is 0.512. The second-order valence-corrected chi connectivity index (χ2v) is 7.11. The van der Waals surface area contributed by atoms with Crippen LogP contribution >= 0.6 is 23.4 Å². The molecule has 0 bridgehead atoms. The highest BCUT2D eigenvalue weighted by atomic mass is 35.5. The van der Waals surface area contributed by atoms with E-state index in [9.17, 15) is 0 Å². The number of thioether (sulfide) groups is 1. The summed E-state index contributed by atoms with van der Waals surface area (Å²) in [6.07, 6.45) is 0.824. The van der Waals surface area contributed by atoms with Crippen LogP contribution in [0.5, 0.6) is 11.5 Å². The fraction of sp³-hybridized carbons (Fsp3) is 0.300. The van der Waals surface area contributed by atoms with Gasteiger partial charge in [-0.1, -0.05) is 18.2 Å². The number of alkyl halides is 1. The number of benzene rings is 2. The van der Waals surface area contributed by atoms with Crippen LogP contribution in [-0.4, -0.2) is 35.0 Å². The van der Waals surface area contributed by atoms with E-state index in [0.29, 0.717) is 36.6 Å². The van der Waals surface area contributed by atoms with Crippen LogP contribution in [0.4, 0.5) is 0 Å². The van der Waals surface area contributed by atoms with Gasteiger partial charge in [0.15, 0.2) is 0 Å². The van der Waals surface area contributed by atoms with Gasteiger partial charge in [0.05, 0.1) is 19.0 Å². The first-order valence-electron chi connectivity index (χ1n) is 8.72. The molecule has 3 rings (SSSR count). The number of ether oxygens (including phenoxy) is 2. The van der Waals surface area contributed by atoms with Crippen molar-refractivity contribution in [1.29, 1.82) is 0 Å². The van der Waals surface area contributed by atoms with E-state index in [4.69, 9.17) is 25.5 Å². The molecule has 0 spiro atoms. The first-order chi connectivity index (χ1) is 13.3. The van der Waals surface area contributed by atoms with Gasteiger partial charge in [0.1, 0.15) is 11.5 Å². The van der Waals surface area contributed by atoms with Crippen molar-refractivity contribution in [3.63, 3.8) is 0 Å². The molecular formula is C20H21ClN2O3S. The third kappa shape index (κ3) is 6.48. The number of halogens is 1. The van der Waals surface area contributed by atoms with Crippen molar-refractivity contribution in [2.45, 2.75) is 12.2 Å². The van der Waals surface area contributed by atoms with Crippen molar-refractivity contribution in [3.8, 4) is 23.0 Å². The molecule has 0 unspecified atom stereocenters. The van der Waals surface area contributed by atoms with Crippen LogP contribution in [0.1, 0.15) is 12.3 Å². The Morgan fingerprint density at radius 1 is 0.889 bits per heavy atom. The summed E-state index contributed by atoms with van der Waals surface area (Å²) in [5.41, 5.74) is 0.871. The Morgan fingerprint density at radius 2 is 1.63 bits per heavy atom. The Labute approximate surface area is 168 Å². The number of nitrogens with zero attached hydrogens (tertiary/aromatic N) is 2. The van der Waals surface area contributed by atoms with Gasteiger partial charge in [0, 0.05) is 17.2 Å². The van der Waals surface area contributed by atoms with Crippen molar-refractivity contribution in [2.75, 3.05) is 24.8 Å². The van der Waals surface area contributed by atoms with E-state index >= 15 is 0 Å². The number of rotatable bonds is 11. The maximum absolute atomic E-state index is 5.73. The zero-order valence-electron chi connectivity index (χ0n) is 14.8. The standard InChI is InChI=1S/C20H21ClN2O3S/c21-11-4-12-24-18-9-7-16(8-10-18)20-23-22-19(26-20)15-27-14-13-25-17-5-2-1-3-6-17/h1-3,5-10H,4,11-15H2. The fourth-order valence-corrected chi connectivity index (χ4v) is 3.01. The van der Waals surface area contributed by atoms with Crippen LogP contribution in [0.2, 0.25) is 0 Å². The van der Waals surface area contributed by atoms with Gasteiger partial charge < -0.3 is 13.9 Å². The van der Waals surface area contributed by atoms with Crippen LogP contribution in [0, 0.1) is 0 Å². The molecular weight excluding hydrogens is 384 g/mol. The summed E-state index contributed by atoms with van der Waals surface area (Å²) in [5.74, 6) is 4.91. The molecule has 0 aliphatic carbocycles. The van der Waals surface area contributed by atoms with E-state index in [0.717, 1.165) is 29.2 Å². The summed E-state index contributed by atoms with van der Waals surface area (Å²) in [6, 6.07) is 17.4. The maximum Gasteiger partial charge on any atom is 0.247 e. The molecule has 5 nitrogen and oxygen atoms in total. The highest BCUT2D eigenvalue weighted by Gasteiger charge is 2.09. The van der Waals surface area contributed by atoms with Gasteiger partial charge in [-0.25, -0.2) is 0 Å². The monoisotopic (exact) mass is 404 g/mol. The van der Waals surface area contributed by atoms with Gasteiger partial charge in [0.2, 0.25) is 11.8 Å². The zero-order valence-corrected chi connectivity index (χ0v) is 16.4. The molecule has 0 aliphatic rings. The van der Waals surface area contributed by atoms with E-state index < -0.39 is 0 Å². The smallest absolute Gasteiger partial charge is 0.247 e. The third-order valence-electron chi connectivity index (χ3n) is 3.58. The summed E-state index contributed by atoms with van der Waals surface area (Å²) in [6.45, 7) is 1.25. The topological polar surface area (TPSA) is 57.4 Å². The Kier molecular flexibility index (Phi) is 7.86. The predicted octanol–water partition coefficient (Wildman–Crippen LogP) is 5.06. The SMILES string of the molecule is ClCCCOc1ccc(-c2nnc(CSCCOc3ccccc3)o2)cc1. The Hall–Kier alpha value is -2.18. The summed E-state index contributed by atoms with van der Waals surface area (Å²) in [5, 5.41) is 8.23. The molecule has 3 aromatic rings. The molecule has 1 heterocycles. The molecule has 27 heavy (non-hydrogen) atoms. The minimum atomic E-state index is 0.512. The minimum Gasteiger partial charge on any atom is -0.494 e. The highest BCUT2D eigenvalue weighted by molar-refractivity contribution is 7.98. The van der Waals surface area contributed by atoms with E-state index in [1.165, 1.54) is 0 Å². The number of hydrogen-bond acceptors (Lipinski definition) is 6. The number of hydrogen-bond donors (Lipinski definition) is 0. The van der Waals surface area contributed by atoms with Crippen LogP contribution < -0.4 is 9.47 Å². The average molecular weight is 405 g/mol. The average Bonchev–Trinajstić information content (AvgIpc) is 3.18. The summed E-state index contributed by atoms with van der Waals surface area (Å²) >= 11 is 7.34. The Bertz CT molecular complexity index is 797. The Balaban J connectivity index is 1.41. The molecule has 0 atom stereocenters. The molecule has 1 aromatic heterocycles. The van der Waals surface area contributed by atoms with E-state index in [2.05, 4.69) is 10.2 Å². The first-order valence-corrected chi connectivity index (χ1v) is 10.4. The molecule has 0 fully saturated rings. The van der Waals surface area contributed by atoms with Crippen molar-refractivity contribution < 1.29 is 13.9 Å². The molecule has 0 N–H and O–H groups in total. The molecule has 142 valence electrons. The normalized spacial score (nSPS) is 10.7. The van der Waals surface area contributed by atoms with Crippen LogP contribution in [0.3, 0.4) is 0 Å². The molecule has 0 saturated heterocycles. The lowest BCUT2D eigenvalue weighted by Gasteiger charge is -2.05. The quantitative estimate of drug-likeness (QED) is 0.329. The third-order valence-corrected chi connectivity index (χ3v) is 4.75. The second-order valence-electron chi connectivity index (χ2n) is 5.63. The lowest BCUT2D eigenvalue weighted by atomic mass is 10.2. The fourth-order valence-electron chi connectivity index (χ4n) is 2.26. The van der Waals surface area contributed by atoms with E-state index in [-0.39, 0.29) is 0 Å². The van der Waals surface area contributed by atoms with Gasteiger partial charge >= 0.3 is 0 Å². The molecule has 7 heteroatoms. The first kappa shape index (κ1) is 19.6. The molecule has 0 aliphatic heterocycles. The van der Waals surface area contributed by atoms with Crippen LogP contribution in [-0.2, 0) is 5.75 Å². The lowest BCUT2D eigenvalue weighted by molar-refractivity contribution is 0.318. The van der Waals surface area contributed by atoms with Gasteiger partial charge in [0.25, 0.3) is 0 Å². The molecule has 0 saturated carbocycles. The largest absolute Gasteiger partial charge is 0.494 e. The van der Waals surface area contributed by atoms with Crippen molar-refractivity contribution in [1.82, 2.24) is 10.2 Å². The lowest BCUT2D eigenvalue weighted by Crippen LogP contribution is -2.00. The zero-order chi connectivity index (χ0) is 18.7. The Morgan fingerprint density at radius 3 is 2.41 bits per heavy atom. The van der Waals surface area contributed by atoms with Crippen molar-refractivity contribution >= 4 is 23.4 Å².